The first kappa shape index (κ1) is 42.4. The number of carbonyl (C=O) groups excluding carboxylic acids is 1. The first-order valence-electron chi connectivity index (χ1n) is 20.0. The van der Waals surface area contributed by atoms with E-state index in [9.17, 15) is 4.79 Å². The SMILES string of the molecule is CCCCCCCCCCCCCCCCCC[N+](C)(C)C(C)OC(=O)CCCCCCCCCCCCCCCCC. The van der Waals surface area contributed by atoms with Gasteiger partial charge in [-0.05, 0) is 19.3 Å². The van der Waals surface area contributed by atoms with Crippen molar-refractivity contribution in [3.05, 3.63) is 0 Å². The van der Waals surface area contributed by atoms with Crippen LogP contribution in [0.4, 0.5) is 0 Å². The normalized spacial score (nSPS) is 12.6. The second kappa shape index (κ2) is 32.8. The van der Waals surface area contributed by atoms with Crippen LogP contribution in [-0.4, -0.2) is 37.3 Å². The Labute approximate surface area is 272 Å². The fourth-order valence-electron chi connectivity index (χ4n) is 6.28. The molecule has 0 bridgehead atoms. The average molecular weight is 609 g/mol. The Hall–Kier alpha value is -0.570. The number of hydrogen-bond acceptors (Lipinski definition) is 2. The topological polar surface area (TPSA) is 26.3 Å². The molecule has 0 aliphatic heterocycles. The van der Waals surface area contributed by atoms with E-state index in [1.165, 1.54) is 193 Å². The lowest BCUT2D eigenvalue weighted by atomic mass is 10.0. The molecule has 0 heterocycles. The van der Waals surface area contributed by atoms with Gasteiger partial charge in [0.2, 0.25) is 6.23 Å². The molecule has 0 aromatic heterocycles. The maximum Gasteiger partial charge on any atom is 0.310 e. The molecule has 0 aromatic carbocycles. The Bertz CT molecular complexity index is 561. The van der Waals surface area contributed by atoms with E-state index < -0.39 is 0 Å². The molecule has 0 aliphatic carbocycles. The second-order valence-electron chi connectivity index (χ2n) is 14.6. The fourth-order valence-corrected chi connectivity index (χ4v) is 6.28. The van der Waals surface area contributed by atoms with Crippen molar-refractivity contribution in [2.24, 2.45) is 0 Å². The molecule has 258 valence electrons. The minimum absolute atomic E-state index is 0.000341. The summed E-state index contributed by atoms with van der Waals surface area (Å²) in [6.07, 6.45) is 43.3. The predicted molar refractivity (Wildman–Crippen MR) is 192 cm³/mol. The zero-order valence-corrected chi connectivity index (χ0v) is 30.7. The zero-order chi connectivity index (χ0) is 31.7. The molecule has 1 unspecified atom stereocenters. The number of nitrogens with zero attached hydrogens (tertiary/aromatic N) is 1. The summed E-state index contributed by atoms with van der Waals surface area (Å²) in [6, 6.07) is 0. The molecule has 1 atom stereocenters. The van der Waals surface area contributed by atoms with Gasteiger partial charge >= 0.3 is 5.97 Å². The lowest BCUT2D eigenvalue weighted by molar-refractivity contribution is -0.932. The van der Waals surface area contributed by atoms with Gasteiger partial charge in [0.1, 0.15) is 0 Å². The molecule has 0 spiro atoms. The molecule has 0 aliphatic rings. The van der Waals surface area contributed by atoms with E-state index in [0.717, 1.165) is 17.4 Å². The summed E-state index contributed by atoms with van der Waals surface area (Å²) in [7, 11) is 4.44. The fraction of sp³-hybridized carbons (Fsp3) is 0.975. The van der Waals surface area contributed by atoms with E-state index in [1.807, 2.05) is 0 Å². The molecule has 3 heteroatoms. The highest BCUT2D eigenvalue weighted by atomic mass is 16.6. The van der Waals surface area contributed by atoms with Gasteiger partial charge in [-0.2, -0.15) is 0 Å². The van der Waals surface area contributed by atoms with Crippen LogP contribution in [0.15, 0.2) is 0 Å². The van der Waals surface area contributed by atoms with Gasteiger partial charge < -0.3 is 4.74 Å². The Kier molecular flexibility index (Phi) is 32.4. The largest absolute Gasteiger partial charge is 0.413 e. The number of hydrogen-bond donors (Lipinski definition) is 0. The third kappa shape index (κ3) is 31.2. The molecule has 0 rings (SSSR count). The third-order valence-corrected chi connectivity index (χ3v) is 9.86. The van der Waals surface area contributed by atoms with Gasteiger partial charge in [-0.3, -0.25) is 9.28 Å². The quantitative estimate of drug-likeness (QED) is 0.0309. The molecule has 0 saturated carbocycles. The van der Waals surface area contributed by atoms with E-state index in [0.29, 0.717) is 6.42 Å². The Morgan fingerprint density at radius 2 is 0.698 bits per heavy atom. The standard InChI is InChI=1S/C40H82NO2/c1-6-8-10-12-14-16-18-20-22-24-26-28-30-32-34-36-38-41(4,5)39(3)43-40(42)37-35-33-31-29-27-25-23-21-19-17-15-13-11-9-7-2/h39H,6-38H2,1-5H3/q+1. The highest BCUT2D eigenvalue weighted by Gasteiger charge is 2.26. The monoisotopic (exact) mass is 609 g/mol. The first-order chi connectivity index (χ1) is 20.9. The summed E-state index contributed by atoms with van der Waals surface area (Å²) in [6.45, 7) is 7.75. The van der Waals surface area contributed by atoms with Crippen molar-refractivity contribution in [2.75, 3.05) is 20.6 Å². The van der Waals surface area contributed by atoms with Crippen LogP contribution in [0.5, 0.6) is 0 Å². The Morgan fingerprint density at radius 3 is 1.00 bits per heavy atom. The maximum absolute atomic E-state index is 12.4. The van der Waals surface area contributed by atoms with Gasteiger partial charge in [-0.1, -0.05) is 194 Å². The van der Waals surface area contributed by atoms with Crippen LogP contribution < -0.4 is 0 Å². The van der Waals surface area contributed by atoms with Crippen molar-refractivity contribution in [2.45, 2.75) is 232 Å². The van der Waals surface area contributed by atoms with E-state index in [2.05, 4.69) is 34.9 Å². The molecule has 3 nitrogen and oxygen atoms in total. The number of unbranched alkanes of at least 4 members (excludes halogenated alkanes) is 29. The predicted octanol–water partition coefficient (Wildman–Crippen LogP) is 13.5. The van der Waals surface area contributed by atoms with E-state index >= 15 is 0 Å². The highest BCUT2D eigenvalue weighted by Crippen LogP contribution is 2.17. The van der Waals surface area contributed by atoms with Crippen LogP contribution in [0.2, 0.25) is 0 Å². The van der Waals surface area contributed by atoms with Gasteiger partial charge in [-0.15, -0.1) is 0 Å². The summed E-state index contributed by atoms with van der Waals surface area (Å²) in [5.74, 6) is 0.000341. The van der Waals surface area contributed by atoms with Gasteiger partial charge in [-0.25, -0.2) is 0 Å². The van der Waals surface area contributed by atoms with Crippen molar-refractivity contribution in [1.29, 1.82) is 0 Å². The first-order valence-corrected chi connectivity index (χ1v) is 20.0. The molecule has 0 N–H and O–H groups in total. The van der Waals surface area contributed by atoms with Crippen molar-refractivity contribution < 1.29 is 14.0 Å². The lowest BCUT2D eigenvalue weighted by Gasteiger charge is -2.35. The minimum atomic E-state index is -0.0554. The average Bonchev–Trinajstić information content (AvgIpc) is 2.98. The molecule has 0 amide bonds. The molecule has 0 radical (unpaired) electrons. The van der Waals surface area contributed by atoms with Crippen LogP contribution in [-0.2, 0) is 9.53 Å². The number of ether oxygens (including phenoxy) is 1. The molecule has 0 fully saturated rings. The smallest absolute Gasteiger partial charge is 0.310 e. The van der Waals surface area contributed by atoms with E-state index in [-0.39, 0.29) is 12.2 Å². The zero-order valence-electron chi connectivity index (χ0n) is 30.7. The second-order valence-corrected chi connectivity index (χ2v) is 14.6. The third-order valence-electron chi connectivity index (χ3n) is 9.86. The Morgan fingerprint density at radius 1 is 0.442 bits per heavy atom. The lowest BCUT2D eigenvalue weighted by Crippen LogP contribution is -2.50. The van der Waals surface area contributed by atoms with E-state index in [1.54, 1.807) is 0 Å². The highest BCUT2D eigenvalue weighted by molar-refractivity contribution is 5.69. The van der Waals surface area contributed by atoms with Crippen LogP contribution in [0.1, 0.15) is 226 Å². The van der Waals surface area contributed by atoms with Gasteiger partial charge in [0.15, 0.2) is 0 Å². The van der Waals surface area contributed by atoms with Gasteiger partial charge in [0.05, 0.1) is 20.6 Å². The summed E-state index contributed by atoms with van der Waals surface area (Å²) in [4.78, 5) is 12.4. The van der Waals surface area contributed by atoms with Gasteiger partial charge in [0.25, 0.3) is 0 Å². The summed E-state index contributed by atoms with van der Waals surface area (Å²) in [5, 5.41) is 0. The molecule has 0 saturated heterocycles. The van der Waals surface area contributed by atoms with Crippen molar-refractivity contribution >= 4 is 5.97 Å². The number of rotatable bonds is 35. The molecular weight excluding hydrogens is 526 g/mol. The van der Waals surface area contributed by atoms with Gasteiger partial charge in [0, 0.05) is 13.3 Å². The summed E-state index contributed by atoms with van der Waals surface area (Å²) >= 11 is 0. The van der Waals surface area contributed by atoms with E-state index in [4.69, 9.17) is 4.74 Å². The van der Waals surface area contributed by atoms with Crippen LogP contribution in [0, 0.1) is 0 Å². The minimum Gasteiger partial charge on any atom is -0.413 e. The van der Waals surface area contributed by atoms with Crippen molar-refractivity contribution in [3.8, 4) is 0 Å². The Balaban J connectivity index is 3.52. The number of quaternary nitrogens is 1. The van der Waals surface area contributed by atoms with Crippen LogP contribution in [0.25, 0.3) is 0 Å². The van der Waals surface area contributed by atoms with Crippen molar-refractivity contribution in [3.63, 3.8) is 0 Å². The summed E-state index contributed by atoms with van der Waals surface area (Å²) in [5.41, 5.74) is 0. The maximum atomic E-state index is 12.4. The number of esters is 1. The van der Waals surface area contributed by atoms with Crippen LogP contribution in [0.3, 0.4) is 0 Å². The van der Waals surface area contributed by atoms with Crippen molar-refractivity contribution in [1.82, 2.24) is 0 Å². The molecule has 43 heavy (non-hydrogen) atoms. The number of carbonyl (C=O) groups is 1. The molecular formula is C40H82NO2+. The summed E-state index contributed by atoms with van der Waals surface area (Å²) < 4.78 is 6.63. The molecule has 0 aromatic rings. The van der Waals surface area contributed by atoms with Crippen LogP contribution >= 0.6 is 0 Å².